The van der Waals surface area contributed by atoms with Gasteiger partial charge in [-0.05, 0) is 25.0 Å². The van der Waals surface area contributed by atoms with Gasteiger partial charge in [-0.1, -0.05) is 0 Å². The van der Waals surface area contributed by atoms with Gasteiger partial charge in [0.2, 0.25) is 0 Å². The third kappa shape index (κ3) is 2.88. The van der Waals surface area contributed by atoms with Gasteiger partial charge in [0.25, 0.3) is 5.69 Å². The summed E-state index contributed by atoms with van der Waals surface area (Å²) in [5.74, 6) is -0.726. The van der Waals surface area contributed by atoms with E-state index < -0.39 is 10.9 Å². The summed E-state index contributed by atoms with van der Waals surface area (Å²) in [5.41, 5.74) is 0.404. The third-order valence-electron chi connectivity index (χ3n) is 3.41. The molecule has 1 aliphatic heterocycles. The number of rotatable bonds is 3. The molecule has 0 atom stereocenters. The fourth-order valence-electron chi connectivity index (χ4n) is 2.28. The first-order valence-corrected chi connectivity index (χ1v) is 6.32. The number of methoxy groups -OCH3 is 1. The lowest BCUT2D eigenvalue weighted by molar-refractivity contribution is -0.385. The van der Waals surface area contributed by atoms with Crippen molar-refractivity contribution in [1.29, 1.82) is 0 Å². The highest BCUT2D eigenvalue weighted by molar-refractivity contribution is 5.95. The maximum absolute atomic E-state index is 11.6. The number of benzene rings is 1. The second kappa shape index (κ2) is 5.87. The molecule has 1 N–H and O–H groups in total. The van der Waals surface area contributed by atoms with Crippen molar-refractivity contribution in [3.8, 4) is 0 Å². The van der Waals surface area contributed by atoms with Gasteiger partial charge in [-0.2, -0.15) is 0 Å². The highest BCUT2D eigenvalue weighted by Gasteiger charge is 2.24. The zero-order valence-corrected chi connectivity index (χ0v) is 11.1. The first-order valence-electron chi connectivity index (χ1n) is 6.32. The molecular weight excluding hydrogens is 264 g/mol. The van der Waals surface area contributed by atoms with Crippen molar-refractivity contribution in [1.82, 2.24) is 0 Å². The number of piperidine rings is 1. The largest absolute Gasteiger partial charge is 0.465 e. The average Bonchev–Trinajstić information content (AvgIpc) is 2.46. The third-order valence-corrected chi connectivity index (χ3v) is 3.41. The van der Waals surface area contributed by atoms with Crippen molar-refractivity contribution in [2.75, 3.05) is 25.1 Å². The van der Waals surface area contributed by atoms with E-state index in [0.717, 1.165) is 5.69 Å². The van der Waals surface area contributed by atoms with Gasteiger partial charge >= 0.3 is 5.97 Å². The normalized spacial score (nSPS) is 16.0. The molecule has 0 amide bonds. The minimum absolute atomic E-state index is 0.0545. The number of aliphatic hydroxyl groups is 1. The molecule has 108 valence electrons. The summed E-state index contributed by atoms with van der Waals surface area (Å²) in [5, 5.41) is 20.4. The molecule has 0 radical (unpaired) electrons. The van der Waals surface area contributed by atoms with Gasteiger partial charge in [0.05, 0.1) is 18.1 Å². The molecule has 1 aromatic rings. The zero-order valence-electron chi connectivity index (χ0n) is 11.1. The number of nitrogens with zero attached hydrogens (tertiary/aromatic N) is 2. The molecule has 0 aromatic heterocycles. The number of nitro groups is 1. The maximum atomic E-state index is 11.6. The van der Waals surface area contributed by atoms with Crippen LogP contribution in [-0.4, -0.2) is 42.3 Å². The predicted octanol–water partition coefficient (Wildman–Crippen LogP) is 1.34. The van der Waals surface area contributed by atoms with Crippen LogP contribution in [0.4, 0.5) is 11.4 Å². The van der Waals surface area contributed by atoms with Gasteiger partial charge in [-0.3, -0.25) is 10.1 Å². The molecule has 1 aromatic carbocycles. The molecule has 1 heterocycles. The summed E-state index contributed by atoms with van der Waals surface area (Å²) in [6.45, 7) is 1.30. The Kier molecular flexibility index (Phi) is 4.19. The van der Waals surface area contributed by atoms with Crippen molar-refractivity contribution in [2.24, 2.45) is 0 Å². The van der Waals surface area contributed by atoms with Crippen molar-refractivity contribution < 1.29 is 19.6 Å². The Bertz CT molecular complexity index is 523. The van der Waals surface area contributed by atoms with Gasteiger partial charge in [0, 0.05) is 24.8 Å². The molecule has 0 bridgehead atoms. The summed E-state index contributed by atoms with van der Waals surface area (Å²) in [6.07, 6.45) is 0.985. The van der Waals surface area contributed by atoms with E-state index in [0.29, 0.717) is 25.9 Å². The van der Waals surface area contributed by atoms with Gasteiger partial charge in [0.15, 0.2) is 0 Å². The summed E-state index contributed by atoms with van der Waals surface area (Å²) in [6, 6.07) is 4.40. The molecule has 1 aliphatic rings. The molecule has 0 aliphatic carbocycles. The van der Waals surface area contributed by atoms with Crippen LogP contribution in [-0.2, 0) is 4.74 Å². The molecule has 20 heavy (non-hydrogen) atoms. The first kappa shape index (κ1) is 14.3. The van der Waals surface area contributed by atoms with Crippen molar-refractivity contribution in [2.45, 2.75) is 18.9 Å². The van der Waals surface area contributed by atoms with E-state index in [9.17, 15) is 20.0 Å². The number of carbonyl (C=O) groups excluding carboxylic acids is 1. The average molecular weight is 280 g/mol. The summed E-state index contributed by atoms with van der Waals surface area (Å²) < 4.78 is 4.58. The van der Waals surface area contributed by atoms with Crippen LogP contribution in [0.3, 0.4) is 0 Å². The van der Waals surface area contributed by atoms with Crippen LogP contribution < -0.4 is 4.90 Å². The predicted molar refractivity (Wildman–Crippen MR) is 71.9 cm³/mol. The first-order chi connectivity index (χ1) is 9.52. The van der Waals surface area contributed by atoms with E-state index in [4.69, 9.17) is 0 Å². The Labute approximate surface area is 115 Å². The number of ether oxygens (including phenoxy) is 1. The minimum atomic E-state index is -0.726. The highest BCUT2D eigenvalue weighted by atomic mass is 16.6. The summed E-state index contributed by atoms with van der Waals surface area (Å²) in [4.78, 5) is 24.0. The lowest BCUT2D eigenvalue weighted by Crippen LogP contribution is -2.35. The minimum Gasteiger partial charge on any atom is -0.465 e. The quantitative estimate of drug-likeness (QED) is 0.510. The summed E-state index contributed by atoms with van der Waals surface area (Å²) >= 11 is 0. The van der Waals surface area contributed by atoms with Crippen molar-refractivity contribution in [3.05, 3.63) is 33.9 Å². The number of esters is 1. The van der Waals surface area contributed by atoms with E-state index in [1.54, 1.807) is 6.07 Å². The van der Waals surface area contributed by atoms with Crippen LogP contribution in [0.5, 0.6) is 0 Å². The van der Waals surface area contributed by atoms with Gasteiger partial charge < -0.3 is 14.7 Å². The molecule has 0 unspecified atom stereocenters. The molecule has 7 nitrogen and oxygen atoms in total. The number of nitro benzene ring substituents is 1. The Morgan fingerprint density at radius 2 is 2.10 bits per heavy atom. The van der Waals surface area contributed by atoms with E-state index >= 15 is 0 Å². The van der Waals surface area contributed by atoms with E-state index in [-0.39, 0.29) is 17.4 Å². The Balaban J connectivity index is 2.32. The Morgan fingerprint density at radius 1 is 1.45 bits per heavy atom. The van der Waals surface area contributed by atoms with Crippen molar-refractivity contribution in [3.63, 3.8) is 0 Å². The zero-order chi connectivity index (χ0) is 14.7. The SMILES string of the molecule is COC(=O)c1cc(N2CCC(O)CC2)ccc1[N+](=O)[O-]. The fourth-order valence-corrected chi connectivity index (χ4v) is 2.28. The topological polar surface area (TPSA) is 92.9 Å². The Morgan fingerprint density at radius 3 is 2.65 bits per heavy atom. The number of carbonyl (C=O) groups is 1. The van der Waals surface area contributed by atoms with Gasteiger partial charge in [0.1, 0.15) is 5.56 Å². The van der Waals surface area contributed by atoms with E-state index in [1.807, 2.05) is 4.90 Å². The van der Waals surface area contributed by atoms with E-state index in [2.05, 4.69) is 4.74 Å². The molecular formula is C13H16N2O5. The monoisotopic (exact) mass is 280 g/mol. The Hall–Kier alpha value is -2.15. The van der Waals surface area contributed by atoms with Crippen LogP contribution in [0.2, 0.25) is 0 Å². The second-order valence-corrected chi connectivity index (χ2v) is 4.67. The molecule has 0 spiro atoms. The molecule has 0 saturated carbocycles. The smallest absolute Gasteiger partial charge is 0.344 e. The van der Waals surface area contributed by atoms with Gasteiger partial charge in [-0.15, -0.1) is 0 Å². The molecule has 7 heteroatoms. The van der Waals surface area contributed by atoms with Crippen molar-refractivity contribution >= 4 is 17.3 Å². The fraction of sp³-hybridized carbons (Fsp3) is 0.462. The number of hydrogen-bond acceptors (Lipinski definition) is 6. The summed E-state index contributed by atoms with van der Waals surface area (Å²) in [7, 11) is 1.19. The highest BCUT2D eigenvalue weighted by Crippen LogP contribution is 2.27. The lowest BCUT2D eigenvalue weighted by atomic mass is 10.1. The van der Waals surface area contributed by atoms with Crippen LogP contribution in [0.1, 0.15) is 23.2 Å². The van der Waals surface area contributed by atoms with E-state index in [1.165, 1.54) is 19.2 Å². The van der Waals surface area contributed by atoms with Crippen LogP contribution in [0, 0.1) is 10.1 Å². The number of hydrogen-bond donors (Lipinski definition) is 1. The molecule has 1 saturated heterocycles. The standard InChI is InChI=1S/C13H16N2O5/c1-20-13(17)11-8-9(2-3-12(11)15(18)19)14-6-4-10(16)5-7-14/h2-3,8,10,16H,4-7H2,1H3. The lowest BCUT2D eigenvalue weighted by Gasteiger charge is -2.31. The van der Waals surface area contributed by atoms with Crippen LogP contribution >= 0.6 is 0 Å². The maximum Gasteiger partial charge on any atom is 0.344 e. The van der Waals surface area contributed by atoms with Crippen LogP contribution in [0.25, 0.3) is 0 Å². The van der Waals surface area contributed by atoms with Crippen LogP contribution in [0.15, 0.2) is 18.2 Å². The second-order valence-electron chi connectivity index (χ2n) is 4.67. The molecule has 1 fully saturated rings. The molecule has 2 rings (SSSR count). The number of anilines is 1. The van der Waals surface area contributed by atoms with Gasteiger partial charge in [-0.25, -0.2) is 4.79 Å². The number of aliphatic hydroxyl groups excluding tert-OH is 1.